The number of halogens is 2. The summed E-state index contributed by atoms with van der Waals surface area (Å²) in [7, 11) is 0. The van der Waals surface area contributed by atoms with Crippen molar-refractivity contribution in [3.05, 3.63) is 33.8 Å². The maximum Gasteiger partial charge on any atom is 0.186 e. The molecule has 0 fully saturated rings. The summed E-state index contributed by atoms with van der Waals surface area (Å²) < 4.78 is 0. The fourth-order valence-electron chi connectivity index (χ4n) is 1.05. The lowest BCUT2D eigenvalue weighted by Crippen LogP contribution is -1.88. The van der Waals surface area contributed by atoms with Gasteiger partial charge in [-0.25, -0.2) is 0 Å². The molecule has 0 aliphatic rings. The molecule has 5 heteroatoms. The van der Waals surface area contributed by atoms with Gasteiger partial charge in [-0.15, -0.1) is 0 Å². The summed E-state index contributed by atoms with van der Waals surface area (Å²) in [6.45, 7) is 1.53. The Morgan fingerprint density at radius 2 is 2.12 bits per heavy atom. The summed E-state index contributed by atoms with van der Waals surface area (Å²) in [5, 5.41) is 1.11. The van der Waals surface area contributed by atoms with Crippen molar-refractivity contribution in [2.24, 2.45) is 0 Å². The van der Waals surface area contributed by atoms with E-state index in [0.29, 0.717) is 21.5 Å². The van der Waals surface area contributed by atoms with Crippen LogP contribution in [-0.4, -0.2) is 10.9 Å². The number of carbonyl (C=O) groups is 1. The van der Waals surface area contributed by atoms with Crippen LogP contribution in [0.25, 0.3) is 6.08 Å². The topological polar surface area (TPSA) is 43.1 Å². The van der Waals surface area contributed by atoms with Crippen LogP contribution in [0.15, 0.2) is 18.2 Å². The van der Waals surface area contributed by atoms with E-state index in [0.717, 1.165) is 5.56 Å². The van der Waals surface area contributed by atoms with Crippen molar-refractivity contribution in [2.75, 3.05) is 11.5 Å². The molecule has 2 nitrogen and oxygen atoms in total. The van der Waals surface area contributed by atoms with Gasteiger partial charge >= 0.3 is 0 Å². The number of benzene rings is 1. The van der Waals surface area contributed by atoms with Gasteiger partial charge in [-0.2, -0.15) is 0 Å². The van der Waals surface area contributed by atoms with Crippen LogP contribution in [0.3, 0.4) is 0 Å². The number of hydrogen-bond donors (Lipinski definition) is 1. The van der Waals surface area contributed by atoms with Crippen molar-refractivity contribution in [2.45, 2.75) is 6.92 Å². The van der Waals surface area contributed by atoms with Crippen LogP contribution < -0.4 is 5.73 Å². The molecule has 1 aromatic carbocycles. The molecule has 0 aromatic heterocycles. The van der Waals surface area contributed by atoms with Gasteiger partial charge in [0.2, 0.25) is 0 Å². The first-order valence-electron chi connectivity index (χ1n) is 4.55. The molecule has 0 unspecified atom stereocenters. The van der Waals surface area contributed by atoms with Crippen molar-refractivity contribution in [1.29, 1.82) is 0 Å². The van der Waals surface area contributed by atoms with Crippen molar-refractivity contribution in [1.82, 2.24) is 0 Å². The first kappa shape index (κ1) is 13.4. The summed E-state index contributed by atoms with van der Waals surface area (Å²) in [5.74, 6) is 0.619. The van der Waals surface area contributed by atoms with Gasteiger partial charge in [0.05, 0.1) is 10.7 Å². The highest BCUT2D eigenvalue weighted by molar-refractivity contribution is 8.13. The number of rotatable bonds is 3. The molecule has 1 rings (SSSR count). The predicted octanol–water partition coefficient (Wildman–Crippen LogP) is 3.87. The Morgan fingerprint density at radius 1 is 1.44 bits per heavy atom. The van der Waals surface area contributed by atoms with Gasteiger partial charge in [0.15, 0.2) is 5.12 Å². The largest absolute Gasteiger partial charge is 0.397 e. The van der Waals surface area contributed by atoms with Crippen molar-refractivity contribution >= 4 is 51.8 Å². The Bertz CT molecular complexity index is 432. The molecule has 0 amide bonds. The SMILES string of the molecule is CC(=O)SCC=Cc1cc(Cl)c(N)cc1Cl. The zero-order valence-electron chi connectivity index (χ0n) is 8.67. The van der Waals surface area contributed by atoms with Gasteiger partial charge in [-0.05, 0) is 17.7 Å². The normalized spacial score (nSPS) is 10.9. The molecule has 0 radical (unpaired) electrons. The quantitative estimate of drug-likeness (QED) is 0.852. The molecule has 0 aliphatic carbocycles. The summed E-state index contributed by atoms with van der Waals surface area (Å²) >= 11 is 13.1. The van der Waals surface area contributed by atoms with Gasteiger partial charge in [0, 0.05) is 17.7 Å². The lowest BCUT2D eigenvalue weighted by molar-refractivity contribution is -0.109. The summed E-state index contributed by atoms with van der Waals surface area (Å²) in [6, 6.07) is 3.32. The number of anilines is 1. The van der Waals surface area contributed by atoms with Crippen LogP contribution >= 0.6 is 35.0 Å². The Morgan fingerprint density at radius 3 is 2.75 bits per heavy atom. The maximum absolute atomic E-state index is 10.7. The highest BCUT2D eigenvalue weighted by Crippen LogP contribution is 2.27. The van der Waals surface area contributed by atoms with Gasteiger partial charge in [0.1, 0.15) is 0 Å². The average Bonchev–Trinajstić information content (AvgIpc) is 2.19. The third-order valence-corrected chi connectivity index (χ3v) is 3.22. The Balaban J connectivity index is 2.73. The van der Waals surface area contributed by atoms with E-state index in [9.17, 15) is 4.79 Å². The van der Waals surface area contributed by atoms with E-state index < -0.39 is 0 Å². The molecule has 0 spiro atoms. The minimum Gasteiger partial charge on any atom is -0.397 e. The molecule has 0 heterocycles. The molecule has 0 atom stereocenters. The average molecular weight is 276 g/mol. The zero-order chi connectivity index (χ0) is 12.1. The molecule has 1 aromatic rings. The summed E-state index contributed by atoms with van der Waals surface area (Å²) in [5.41, 5.74) is 6.85. The van der Waals surface area contributed by atoms with Gasteiger partial charge in [0.25, 0.3) is 0 Å². The summed E-state index contributed by atoms with van der Waals surface area (Å²) in [4.78, 5) is 10.7. The predicted molar refractivity (Wildman–Crippen MR) is 73.0 cm³/mol. The molecule has 0 saturated heterocycles. The standard InChI is InChI=1S/C11H11Cl2NOS/c1-7(15)16-4-2-3-8-5-10(13)11(14)6-9(8)12/h2-3,5-6H,4,14H2,1H3. The second kappa shape index (κ2) is 6.18. The van der Waals surface area contributed by atoms with Crippen molar-refractivity contribution < 1.29 is 4.79 Å². The van der Waals surface area contributed by atoms with Crippen LogP contribution in [-0.2, 0) is 4.79 Å². The molecule has 0 aliphatic heterocycles. The first-order valence-corrected chi connectivity index (χ1v) is 6.29. The Kier molecular flexibility index (Phi) is 5.19. The van der Waals surface area contributed by atoms with Crippen LogP contribution in [0, 0.1) is 0 Å². The fourth-order valence-corrected chi connectivity index (χ4v) is 1.88. The number of hydrogen-bond acceptors (Lipinski definition) is 3. The fraction of sp³-hybridized carbons (Fsp3) is 0.182. The smallest absolute Gasteiger partial charge is 0.186 e. The number of carbonyl (C=O) groups excluding carboxylic acids is 1. The highest BCUT2D eigenvalue weighted by atomic mass is 35.5. The number of nitrogens with two attached hydrogens (primary N) is 1. The van der Waals surface area contributed by atoms with E-state index in [-0.39, 0.29) is 5.12 Å². The molecule has 0 saturated carbocycles. The minimum atomic E-state index is 0.0890. The summed E-state index contributed by atoms with van der Waals surface area (Å²) in [6.07, 6.45) is 3.68. The van der Waals surface area contributed by atoms with E-state index in [4.69, 9.17) is 28.9 Å². The van der Waals surface area contributed by atoms with Crippen LogP contribution in [0.1, 0.15) is 12.5 Å². The Hall–Kier alpha value is -0.640. The van der Waals surface area contributed by atoms with E-state index in [1.807, 2.05) is 12.2 Å². The zero-order valence-corrected chi connectivity index (χ0v) is 11.0. The van der Waals surface area contributed by atoms with Crippen LogP contribution in [0.5, 0.6) is 0 Å². The van der Waals surface area contributed by atoms with Crippen LogP contribution in [0.4, 0.5) is 5.69 Å². The number of nitrogen functional groups attached to an aromatic ring is 1. The van der Waals surface area contributed by atoms with E-state index in [1.54, 1.807) is 12.1 Å². The second-order valence-corrected chi connectivity index (χ2v) is 5.11. The van der Waals surface area contributed by atoms with E-state index in [2.05, 4.69) is 0 Å². The van der Waals surface area contributed by atoms with Gasteiger partial charge in [-0.1, -0.05) is 47.1 Å². The monoisotopic (exact) mass is 275 g/mol. The molecule has 2 N–H and O–H groups in total. The maximum atomic E-state index is 10.7. The third kappa shape index (κ3) is 4.08. The lowest BCUT2D eigenvalue weighted by atomic mass is 10.2. The number of thioether (sulfide) groups is 1. The Labute approximate surface area is 109 Å². The highest BCUT2D eigenvalue weighted by Gasteiger charge is 2.02. The molecule has 86 valence electrons. The second-order valence-electron chi connectivity index (χ2n) is 3.10. The van der Waals surface area contributed by atoms with Gasteiger partial charge < -0.3 is 5.73 Å². The third-order valence-electron chi connectivity index (χ3n) is 1.80. The van der Waals surface area contributed by atoms with Crippen molar-refractivity contribution in [3.8, 4) is 0 Å². The molecule has 16 heavy (non-hydrogen) atoms. The van der Waals surface area contributed by atoms with E-state index >= 15 is 0 Å². The first-order chi connectivity index (χ1) is 7.50. The van der Waals surface area contributed by atoms with Crippen molar-refractivity contribution in [3.63, 3.8) is 0 Å². The minimum absolute atomic E-state index is 0.0890. The molecular weight excluding hydrogens is 265 g/mol. The molecular formula is C11H11Cl2NOS. The van der Waals surface area contributed by atoms with E-state index in [1.165, 1.54) is 18.7 Å². The van der Waals surface area contributed by atoms with Crippen LogP contribution in [0.2, 0.25) is 10.0 Å². The lowest BCUT2D eigenvalue weighted by Gasteiger charge is -2.02. The van der Waals surface area contributed by atoms with Gasteiger partial charge in [-0.3, -0.25) is 4.79 Å². The molecule has 0 bridgehead atoms.